The molecule has 2 heterocycles. The van der Waals surface area contributed by atoms with E-state index in [1.54, 1.807) is 13.8 Å². The first-order chi connectivity index (χ1) is 17.4. The summed E-state index contributed by atoms with van der Waals surface area (Å²) >= 11 is 0. The highest BCUT2D eigenvalue weighted by molar-refractivity contribution is 6.01. The number of nitrogens with one attached hydrogen (secondary N) is 1. The topological polar surface area (TPSA) is 103 Å². The van der Waals surface area contributed by atoms with E-state index < -0.39 is 17.4 Å². The first-order valence-corrected chi connectivity index (χ1v) is 12.0. The minimum Gasteiger partial charge on any atom is -0.494 e. The number of fused-ring (bicyclic) bond motifs is 1. The van der Waals surface area contributed by atoms with E-state index >= 15 is 0 Å². The molecule has 0 bridgehead atoms. The van der Waals surface area contributed by atoms with Crippen molar-refractivity contribution in [2.24, 2.45) is 0 Å². The molecule has 1 aromatic heterocycles. The molecule has 0 aliphatic carbocycles. The van der Waals surface area contributed by atoms with Crippen LogP contribution in [0.2, 0.25) is 0 Å². The van der Waals surface area contributed by atoms with Crippen LogP contribution in [0.15, 0.2) is 60.7 Å². The Bertz CT molecular complexity index is 1260. The number of esters is 1. The summed E-state index contributed by atoms with van der Waals surface area (Å²) in [4.78, 5) is 41.2. The van der Waals surface area contributed by atoms with Crippen LogP contribution in [0.4, 0.5) is 0 Å². The fraction of sp³-hybridized carbons (Fsp3) is 0.333. The Morgan fingerprint density at radius 1 is 1.06 bits per heavy atom. The van der Waals surface area contributed by atoms with Gasteiger partial charge in [0.2, 0.25) is 5.91 Å². The molecule has 1 atom stereocenters. The first kappa shape index (κ1) is 25.0. The average molecular weight is 491 g/mol. The Morgan fingerprint density at radius 2 is 1.78 bits per heavy atom. The van der Waals surface area contributed by atoms with E-state index in [1.807, 2.05) is 61.5 Å². The number of ether oxygens (including phenoxy) is 2. The van der Waals surface area contributed by atoms with Gasteiger partial charge < -0.3 is 19.7 Å². The van der Waals surface area contributed by atoms with E-state index in [0.29, 0.717) is 18.9 Å². The molecule has 3 aromatic rings. The van der Waals surface area contributed by atoms with E-state index in [9.17, 15) is 14.4 Å². The van der Waals surface area contributed by atoms with E-state index in [0.717, 1.165) is 11.1 Å². The summed E-state index contributed by atoms with van der Waals surface area (Å²) < 4.78 is 12.2. The van der Waals surface area contributed by atoms with Crippen LogP contribution < -0.4 is 10.1 Å². The van der Waals surface area contributed by atoms with Crippen molar-refractivity contribution < 1.29 is 23.9 Å². The molecule has 36 heavy (non-hydrogen) atoms. The van der Waals surface area contributed by atoms with Gasteiger partial charge in [0.05, 0.1) is 26.3 Å². The molecule has 0 spiro atoms. The third-order valence-electron chi connectivity index (χ3n) is 6.17. The van der Waals surface area contributed by atoms with Crippen LogP contribution in [0.3, 0.4) is 0 Å². The lowest BCUT2D eigenvalue weighted by molar-refractivity contribution is -0.133. The predicted molar refractivity (Wildman–Crippen MR) is 132 cm³/mol. The molecule has 2 aromatic carbocycles. The minimum absolute atomic E-state index is 0.0313. The third-order valence-corrected chi connectivity index (χ3v) is 6.17. The number of benzene rings is 2. The zero-order chi connectivity index (χ0) is 25.7. The average Bonchev–Trinajstić information content (AvgIpc) is 3.31. The Balaban J connectivity index is 1.70. The van der Waals surface area contributed by atoms with Crippen molar-refractivity contribution in [1.82, 2.24) is 20.0 Å². The summed E-state index contributed by atoms with van der Waals surface area (Å²) in [6, 6.07) is 18.4. The summed E-state index contributed by atoms with van der Waals surface area (Å²) in [5, 5.41) is 7.26. The number of rotatable bonds is 9. The number of carbonyl (C=O) groups excluding carboxylic acids is 3. The van der Waals surface area contributed by atoms with Gasteiger partial charge in [0.15, 0.2) is 5.69 Å². The molecule has 9 nitrogen and oxygen atoms in total. The second-order valence-electron chi connectivity index (χ2n) is 8.67. The van der Waals surface area contributed by atoms with Gasteiger partial charge in [-0.25, -0.2) is 4.79 Å². The van der Waals surface area contributed by atoms with E-state index in [1.165, 1.54) is 15.6 Å². The monoisotopic (exact) mass is 490 g/mol. The number of nitrogens with zero attached hydrogens (tertiary/aromatic N) is 3. The molecule has 1 N–H and O–H groups in total. The normalized spacial score (nSPS) is 16.9. The molecule has 188 valence electrons. The van der Waals surface area contributed by atoms with Crippen molar-refractivity contribution >= 4 is 17.8 Å². The molecule has 1 aliphatic heterocycles. The Labute approximate surface area is 210 Å². The molecule has 9 heteroatoms. The summed E-state index contributed by atoms with van der Waals surface area (Å²) in [5.74, 6) is -0.706. The highest BCUT2D eigenvalue weighted by Gasteiger charge is 2.48. The Morgan fingerprint density at radius 3 is 2.50 bits per heavy atom. The lowest BCUT2D eigenvalue weighted by Gasteiger charge is -2.43. The molecule has 0 radical (unpaired) electrons. The highest BCUT2D eigenvalue weighted by atomic mass is 16.5. The molecular weight excluding hydrogens is 460 g/mol. The van der Waals surface area contributed by atoms with Gasteiger partial charge in [0, 0.05) is 18.2 Å². The number of amides is 2. The van der Waals surface area contributed by atoms with Gasteiger partial charge in [-0.05, 0) is 32.4 Å². The Hall–Kier alpha value is -4.14. The van der Waals surface area contributed by atoms with Gasteiger partial charge in [0.25, 0.3) is 5.91 Å². The van der Waals surface area contributed by atoms with Crippen LogP contribution in [-0.2, 0) is 29.2 Å². The number of carbonyl (C=O) groups is 3. The van der Waals surface area contributed by atoms with Crippen molar-refractivity contribution in [1.29, 1.82) is 0 Å². The summed E-state index contributed by atoms with van der Waals surface area (Å²) in [6.07, 6.45) is 0. The highest BCUT2D eigenvalue weighted by Crippen LogP contribution is 2.31. The van der Waals surface area contributed by atoms with Gasteiger partial charge in [-0.2, -0.15) is 5.10 Å². The molecular formula is C27H30N4O5. The molecule has 4 rings (SSSR count). The molecule has 0 fully saturated rings. The van der Waals surface area contributed by atoms with Crippen LogP contribution in [0.5, 0.6) is 5.75 Å². The summed E-state index contributed by atoms with van der Waals surface area (Å²) in [6.45, 7) is 6.49. The second-order valence-corrected chi connectivity index (χ2v) is 8.67. The van der Waals surface area contributed by atoms with Crippen molar-refractivity contribution in [3.8, 4) is 5.75 Å². The van der Waals surface area contributed by atoms with Crippen molar-refractivity contribution in [2.75, 3.05) is 13.2 Å². The van der Waals surface area contributed by atoms with Gasteiger partial charge in [0.1, 0.15) is 17.0 Å². The SMILES string of the molecule is CCOC(=O)c1cc2n(n1)C[C@](C)(C(=O)NCc1ccccc1)N(Cc1ccccc1OCC)C2=O. The standard InChI is InChI=1S/C27H30N4O5/c1-4-35-23-14-10-9-13-20(23)17-30-24(32)22-15-21(25(33)36-5-2)29-31(22)18-27(30,3)26(34)28-16-19-11-7-6-8-12-19/h6-15H,4-5,16-18H2,1-3H3,(H,28,34)/t27-/m1/s1. The van der Waals surface area contributed by atoms with Crippen molar-refractivity contribution in [3.05, 3.63) is 83.2 Å². The molecule has 0 saturated heterocycles. The van der Waals surface area contributed by atoms with E-state index in [-0.39, 0.29) is 37.0 Å². The molecule has 0 unspecified atom stereocenters. The lowest BCUT2D eigenvalue weighted by atomic mass is 9.93. The van der Waals surface area contributed by atoms with Gasteiger partial charge in [-0.1, -0.05) is 48.5 Å². The third kappa shape index (κ3) is 4.95. The molecule has 1 aliphatic rings. The second kappa shape index (κ2) is 10.6. The van der Waals surface area contributed by atoms with Gasteiger partial charge in [-0.15, -0.1) is 0 Å². The van der Waals surface area contributed by atoms with Crippen LogP contribution in [0.1, 0.15) is 52.9 Å². The van der Waals surface area contributed by atoms with Crippen LogP contribution in [-0.4, -0.2) is 51.2 Å². The quantitative estimate of drug-likeness (QED) is 0.462. The van der Waals surface area contributed by atoms with Crippen LogP contribution >= 0.6 is 0 Å². The van der Waals surface area contributed by atoms with Gasteiger partial charge in [-0.3, -0.25) is 14.3 Å². The minimum atomic E-state index is -1.28. The van der Waals surface area contributed by atoms with E-state index in [4.69, 9.17) is 9.47 Å². The zero-order valence-electron chi connectivity index (χ0n) is 20.7. The maximum atomic E-state index is 13.8. The number of hydrogen-bond acceptors (Lipinski definition) is 6. The Kier molecular flexibility index (Phi) is 7.38. The fourth-order valence-corrected chi connectivity index (χ4v) is 4.26. The number of aromatic nitrogens is 2. The summed E-state index contributed by atoms with van der Waals surface area (Å²) in [5.41, 5.74) is 0.683. The van der Waals surface area contributed by atoms with Crippen LogP contribution in [0, 0.1) is 0 Å². The van der Waals surface area contributed by atoms with Crippen LogP contribution in [0.25, 0.3) is 0 Å². The fourth-order valence-electron chi connectivity index (χ4n) is 4.26. The lowest BCUT2D eigenvalue weighted by Crippen LogP contribution is -2.63. The summed E-state index contributed by atoms with van der Waals surface area (Å²) in [7, 11) is 0. The largest absolute Gasteiger partial charge is 0.494 e. The zero-order valence-corrected chi connectivity index (χ0v) is 20.7. The smallest absolute Gasteiger partial charge is 0.358 e. The predicted octanol–water partition coefficient (Wildman–Crippen LogP) is 3.19. The number of para-hydroxylation sites is 1. The van der Waals surface area contributed by atoms with Gasteiger partial charge >= 0.3 is 5.97 Å². The first-order valence-electron chi connectivity index (χ1n) is 12.0. The molecule has 0 saturated carbocycles. The van der Waals surface area contributed by atoms with Crippen molar-refractivity contribution in [2.45, 2.75) is 45.9 Å². The maximum Gasteiger partial charge on any atom is 0.358 e. The van der Waals surface area contributed by atoms with E-state index in [2.05, 4.69) is 10.4 Å². The molecule has 2 amide bonds. The number of hydrogen-bond donors (Lipinski definition) is 1. The van der Waals surface area contributed by atoms with Crippen molar-refractivity contribution in [3.63, 3.8) is 0 Å². The maximum absolute atomic E-state index is 13.8.